The Hall–Kier alpha value is 0.150. The number of carbonyl (C=O) groups is 2. The molecule has 8 nitrogen and oxygen atoms in total. The van der Waals surface area contributed by atoms with E-state index in [-0.39, 0.29) is 16.8 Å². The molecule has 1 fully saturated rings. The Labute approximate surface area is 126 Å². The molecule has 0 saturated heterocycles. The van der Waals surface area contributed by atoms with Gasteiger partial charge in [-0.25, -0.2) is 4.79 Å². The van der Waals surface area contributed by atoms with Crippen LogP contribution in [0.4, 0.5) is 0 Å². The van der Waals surface area contributed by atoms with Crippen LogP contribution in [0.1, 0.15) is 32.6 Å². The Morgan fingerprint density at radius 3 is 2.24 bits per heavy atom. The summed E-state index contributed by atoms with van der Waals surface area (Å²) in [6.45, 7) is 1.38. The van der Waals surface area contributed by atoms with Crippen molar-refractivity contribution in [1.82, 2.24) is 0 Å². The fourth-order valence-corrected chi connectivity index (χ4v) is 6.29. The van der Waals surface area contributed by atoms with Crippen LogP contribution in [-0.2, 0) is 14.2 Å². The van der Waals surface area contributed by atoms with E-state index in [0.717, 1.165) is 11.8 Å². The van der Waals surface area contributed by atoms with Crippen LogP contribution in [0.5, 0.6) is 0 Å². The molecule has 5 N–H and O–H groups in total. The molecule has 0 bridgehead atoms. The second kappa shape index (κ2) is 7.15. The molecular weight excluding hydrogens is 342 g/mol. The van der Waals surface area contributed by atoms with Crippen LogP contribution in [0.2, 0.25) is 0 Å². The summed E-state index contributed by atoms with van der Waals surface area (Å²) < 4.78 is 11.5. The van der Waals surface area contributed by atoms with Gasteiger partial charge in [-0.1, -0.05) is 18.2 Å². The minimum absolute atomic E-state index is 0.131. The summed E-state index contributed by atoms with van der Waals surface area (Å²) in [5, 5.41) is -0.306. The van der Waals surface area contributed by atoms with Crippen molar-refractivity contribution in [1.29, 1.82) is 0 Å². The summed E-state index contributed by atoms with van der Waals surface area (Å²) in [5.41, 5.74) is -3.55. The molecule has 3 atom stereocenters. The third-order valence-corrected chi connectivity index (χ3v) is 6.90. The van der Waals surface area contributed by atoms with E-state index >= 15 is 0 Å². The first-order valence-electron chi connectivity index (χ1n) is 6.27. The smallest absolute Gasteiger partial charge is 0.324 e. The topological polar surface area (TPSA) is 152 Å². The Balaban J connectivity index is 2.97. The first-order chi connectivity index (χ1) is 9.43. The van der Waals surface area contributed by atoms with E-state index in [2.05, 4.69) is 0 Å². The molecule has 1 rings (SSSR count). The molecule has 0 radical (unpaired) electrons. The fourth-order valence-electron chi connectivity index (χ4n) is 2.61. The van der Waals surface area contributed by atoms with Crippen LogP contribution in [0, 0.1) is 5.92 Å². The zero-order valence-electron chi connectivity index (χ0n) is 11.3. The molecule has 3 unspecified atom stereocenters. The Morgan fingerprint density at radius 2 is 1.81 bits per heavy atom. The highest BCUT2D eigenvalue weighted by Crippen LogP contribution is 2.58. The maximum atomic E-state index is 11.8. The molecule has 21 heavy (non-hydrogen) atoms. The van der Waals surface area contributed by atoms with Crippen LogP contribution in [-0.4, -0.2) is 46.0 Å². The van der Waals surface area contributed by atoms with Crippen molar-refractivity contribution in [3.05, 3.63) is 0 Å². The predicted octanol–water partition coefficient (Wildman–Crippen LogP) is 0.637. The summed E-state index contributed by atoms with van der Waals surface area (Å²) >= 11 is 1.04. The van der Waals surface area contributed by atoms with Gasteiger partial charge in [0.05, 0.1) is 0 Å². The lowest BCUT2D eigenvalue weighted by molar-refractivity contribution is -0.115. The Morgan fingerprint density at radius 1 is 1.24 bits per heavy atom. The number of hydrogen-bond donors (Lipinski definition) is 5. The van der Waals surface area contributed by atoms with Crippen molar-refractivity contribution in [3.8, 4) is 0 Å². The Bertz CT molecular complexity index is 456. The molecule has 1 saturated carbocycles. The zero-order chi connectivity index (χ0) is 16.4. The third kappa shape index (κ3) is 5.69. The van der Waals surface area contributed by atoms with Gasteiger partial charge in [0.2, 0.25) is 0 Å². The van der Waals surface area contributed by atoms with Crippen LogP contribution in [0.3, 0.4) is 0 Å². The molecule has 0 aromatic heterocycles. The first-order valence-corrected chi connectivity index (χ1v) is 10.5. The normalized spacial score (nSPS) is 25.4. The second-order valence-corrected chi connectivity index (χ2v) is 9.89. The lowest BCUT2D eigenvalue weighted by Crippen LogP contribution is -2.35. The summed E-state index contributed by atoms with van der Waals surface area (Å²) in [6.07, 6.45) is 1.76. The van der Waals surface area contributed by atoms with Crippen molar-refractivity contribution in [2.75, 3.05) is 0 Å². The van der Waals surface area contributed by atoms with Gasteiger partial charge < -0.3 is 9.79 Å². The average Bonchev–Trinajstić information content (AvgIpc) is 2.25. The van der Waals surface area contributed by atoms with Crippen molar-refractivity contribution >= 4 is 37.9 Å². The van der Waals surface area contributed by atoms with Gasteiger partial charge in [0.15, 0.2) is 10.8 Å². The minimum atomic E-state index is -4.98. The first kappa shape index (κ1) is 19.2. The van der Waals surface area contributed by atoms with Gasteiger partial charge in [-0.2, -0.15) is 14.7 Å². The fraction of sp³-hybridized carbons (Fsp3) is 0.800. The van der Waals surface area contributed by atoms with Gasteiger partial charge in [0.25, 0.3) is 0 Å². The number of hydrogen-bond acceptors (Lipinski definition) is 7. The van der Waals surface area contributed by atoms with Gasteiger partial charge in [-0.3, -0.25) is 9.36 Å². The molecule has 0 amide bonds. The molecule has 122 valence electrons. The predicted molar refractivity (Wildman–Crippen MR) is 78.4 cm³/mol. The molecule has 11 heteroatoms. The molecular formula is C10H19O8P2S+. The van der Waals surface area contributed by atoms with Crippen molar-refractivity contribution in [2.24, 2.45) is 5.92 Å². The summed E-state index contributed by atoms with van der Waals surface area (Å²) in [5.74, 6) is -0.797. The number of carbonyl (C=O) groups excluding carboxylic acids is 2. The number of thioether (sulfide) groups is 1. The molecule has 1 aliphatic carbocycles. The van der Waals surface area contributed by atoms with Crippen molar-refractivity contribution in [3.63, 3.8) is 0 Å². The van der Waals surface area contributed by atoms with E-state index in [4.69, 9.17) is 14.7 Å². The summed E-state index contributed by atoms with van der Waals surface area (Å²) in [7, 11) is -9.93. The molecule has 0 aromatic carbocycles. The average molecular weight is 361 g/mol. The quantitative estimate of drug-likeness (QED) is 0.444. The van der Waals surface area contributed by atoms with Gasteiger partial charge in [-0.15, -0.1) is 0 Å². The van der Waals surface area contributed by atoms with Gasteiger partial charge in [-0.05, 0) is 25.2 Å². The van der Waals surface area contributed by atoms with Crippen LogP contribution < -0.4 is 0 Å². The monoisotopic (exact) mass is 361 g/mol. The van der Waals surface area contributed by atoms with Crippen molar-refractivity contribution < 1.29 is 38.6 Å². The van der Waals surface area contributed by atoms with Crippen LogP contribution in [0.15, 0.2) is 0 Å². The summed E-state index contributed by atoms with van der Waals surface area (Å²) in [4.78, 5) is 68.6. The van der Waals surface area contributed by atoms with Crippen molar-refractivity contribution in [2.45, 2.75) is 43.5 Å². The third-order valence-electron chi connectivity index (χ3n) is 3.36. The van der Waals surface area contributed by atoms with E-state index in [1.807, 2.05) is 0 Å². The highest BCUT2D eigenvalue weighted by atomic mass is 32.2. The van der Waals surface area contributed by atoms with E-state index in [1.54, 1.807) is 0 Å². The van der Waals surface area contributed by atoms with Gasteiger partial charge >= 0.3 is 21.1 Å². The highest BCUT2D eigenvalue weighted by molar-refractivity contribution is 8.14. The van der Waals surface area contributed by atoms with E-state index in [1.165, 1.54) is 6.92 Å². The summed E-state index contributed by atoms with van der Waals surface area (Å²) in [6, 6.07) is 0. The van der Waals surface area contributed by atoms with E-state index in [0.29, 0.717) is 19.3 Å². The lowest BCUT2D eigenvalue weighted by Gasteiger charge is -2.32. The van der Waals surface area contributed by atoms with Gasteiger partial charge in [0.1, 0.15) is 0 Å². The second-order valence-electron chi connectivity index (χ2n) is 5.10. The minimum Gasteiger partial charge on any atom is -0.324 e. The largest absolute Gasteiger partial charge is 0.479 e. The van der Waals surface area contributed by atoms with Gasteiger partial charge in [0, 0.05) is 12.2 Å². The zero-order valence-corrected chi connectivity index (χ0v) is 13.9. The molecule has 0 aromatic rings. The Kier molecular flexibility index (Phi) is 6.54. The van der Waals surface area contributed by atoms with Crippen LogP contribution in [0.25, 0.3) is 0 Å². The molecule has 1 aliphatic rings. The maximum Gasteiger partial charge on any atom is 0.479 e. The van der Waals surface area contributed by atoms with E-state index < -0.39 is 32.6 Å². The standard InChI is InChI=1S/C10H18O8P2S/c1-6(11)21-8-4-2-3-7(5-8)9(19(13,14)15)10(12)20(16,17)18/h7-9,16-18H,2-5H2,1H3,(H-,13,14,15)/p+1. The maximum absolute atomic E-state index is 11.8. The highest BCUT2D eigenvalue weighted by Gasteiger charge is 2.57. The molecule has 0 aliphatic heterocycles. The number of rotatable bonds is 5. The lowest BCUT2D eigenvalue weighted by atomic mass is 9.86. The van der Waals surface area contributed by atoms with Crippen LogP contribution >= 0.6 is 27.3 Å². The molecule has 0 heterocycles. The molecule has 0 spiro atoms. The van der Waals surface area contributed by atoms with E-state index in [9.17, 15) is 23.9 Å². The SMILES string of the molecule is CC(=O)SC1CCCC(C(C(=O)[P+](O)(O)O)P(=O)(O)O)C1.